The number of hydrogen-bond donors (Lipinski definition) is 1. The zero-order valence-electron chi connectivity index (χ0n) is 12.1. The number of ether oxygens (including phenoxy) is 2. The molecule has 4 nitrogen and oxygen atoms in total. The molecule has 1 aromatic rings. The summed E-state index contributed by atoms with van der Waals surface area (Å²) in [6, 6.07) is 4.08. The van der Waals surface area contributed by atoms with E-state index in [1.165, 1.54) is 5.56 Å². The molecule has 0 saturated heterocycles. The van der Waals surface area contributed by atoms with Crippen molar-refractivity contribution in [2.45, 2.75) is 13.5 Å². The molecule has 0 heterocycles. The van der Waals surface area contributed by atoms with Gasteiger partial charge in [0.25, 0.3) is 0 Å². The quantitative estimate of drug-likeness (QED) is 0.742. The third-order valence-electron chi connectivity index (χ3n) is 2.64. The van der Waals surface area contributed by atoms with Crippen molar-refractivity contribution in [3.63, 3.8) is 0 Å². The van der Waals surface area contributed by atoms with E-state index in [0.29, 0.717) is 6.61 Å². The van der Waals surface area contributed by atoms with Gasteiger partial charge in [-0.1, -0.05) is 0 Å². The smallest absolute Gasteiger partial charge is 0.174 e. The highest BCUT2D eigenvalue weighted by molar-refractivity contribution is 9.10. The predicted octanol–water partition coefficient (Wildman–Crippen LogP) is 2.51. The third-order valence-corrected chi connectivity index (χ3v) is 3.23. The Kier molecular flexibility index (Phi) is 7.20. The summed E-state index contributed by atoms with van der Waals surface area (Å²) < 4.78 is 11.9. The summed E-state index contributed by atoms with van der Waals surface area (Å²) in [6.45, 7) is 5.39. The second-order valence-electron chi connectivity index (χ2n) is 4.52. The standard InChI is InChI=1S/C14H23BrN2O2/c1-5-19-13-9-11(8-12(15)14(13)18-4)10-16-6-7-17(2)3/h8-9,16H,5-7,10H2,1-4H3. The Morgan fingerprint density at radius 3 is 2.63 bits per heavy atom. The van der Waals surface area contributed by atoms with E-state index in [0.717, 1.165) is 35.6 Å². The first-order valence-corrected chi connectivity index (χ1v) is 7.22. The lowest BCUT2D eigenvalue weighted by Crippen LogP contribution is -2.26. The first-order chi connectivity index (χ1) is 9.08. The minimum Gasteiger partial charge on any atom is -0.492 e. The molecular formula is C14H23BrN2O2. The topological polar surface area (TPSA) is 33.7 Å². The molecule has 1 N–H and O–H groups in total. The van der Waals surface area contributed by atoms with Crippen LogP contribution in [0.5, 0.6) is 11.5 Å². The van der Waals surface area contributed by atoms with Crippen molar-refractivity contribution < 1.29 is 9.47 Å². The molecule has 0 atom stereocenters. The summed E-state index contributed by atoms with van der Waals surface area (Å²) in [5.74, 6) is 1.53. The Labute approximate surface area is 124 Å². The number of rotatable bonds is 8. The fraction of sp³-hybridized carbons (Fsp3) is 0.571. The largest absolute Gasteiger partial charge is 0.492 e. The molecule has 1 rings (SSSR count). The van der Waals surface area contributed by atoms with Crippen molar-refractivity contribution in [3.05, 3.63) is 22.2 Å². The van der Waals surface area contributed by atoms with Crippen LogP contribution < -0.4 is 14.8 Å². The lowest BCUT2D eigenvalue weighted by molar-refractivity contribution is 0.309. The van der Waals surface area contributed by atoms with Crippen molar-refractivity contribution in [3.8, 4) is 11.5 Å². The fourth-order valence-electron chi connectivity index (χ4n) is 1.72. The number of nitrogens with zero attached hydrogens (tertiary/aromatic N) is 1. The van der Waals surface area contributed by atoms with Gasteiger partial charge >= 0.3 is 0 Å². The Morgan fingerprint density at radius 1 is 1.32 bits per heavy atom. The Balaban J connectivity index is 2.68. The monoisotopic (exact) mass is 330 g/mol. The van der Waals surface area contributed by atoms with Crippen molar-refractivity contribution in [1.82, 2.24) is 10.2 Å². The maximum absolute atomic E-state index is 5.60. The first-order valence-electron chi connectivity index (χ1n) is 6.43. The molecule has 0 aromatic heterocycles. The molecule has 0 spiro atoms. The minimum absolute atomic E-state index is 0.625. The number of likely N-dealkylation sites (N-methyl/N-ethyl adjacent to an activating group) is 1. The van der Waals surface area contributed by atoms with Gasteiger partial charge in [-0.05, 0) is 54.6 Å². The van der Waals surface area contributed by atoms with E-state index < -0.39 is 0 Å². The van der Waals surface area contributed by atoms with Crippen LogP contribution in [-0.2, 0) is 6.54 Å². The summed E-state index contributed by atoms with van der Waals surface area (Å²) in [6.07, 6.45) is 0. The van der Waals surface area contributed by atoms with Crippen LogP contribution in [0.2, 0.25) is 0 Å². The summed E-state index contributed by atoms with van der Waals surface area (Å²) in [5.41, 5.74) is 1.18. The third kappa shape index (κ3) is 5.38. The van der Waals surface area contributed by atoms with Crippen LogP contribution in [0.25, 0.3) is 0 Å². The molecular weight excluding hydrogens is 308 g/mol. The van der Waals surface area contributed by atoms with Crippen molar-refractivity contribution in [2.24, 2.45) is 0 Å². The normalized spacial score (nSPS) is 10.8. The van der Waals surface area contributed by atoms with Gasteiger partial charge in [0, 0.05) is 19.6 Å². The van der Waals surface area contributed by atoms with E-state index in [4.69, 9.17) is 9.47 Å². The molecule has 19 heavy (non-hydrogen) atoms. The number of halogens is 1. The molecule has 0 radical (unpaired) electrons. The SMILES string of the molecule is CCOc1cc(CNCCN(C)C)cc(Br)c1OC. The molecule has 5 heteroatoms. The highest BCUT2D eigenvalue weighted by Crippen LogP contribution is 2.36. The summed E-state index contributed by atoms with van der Waals surface area (Å²) >= 11 is 3.52. The summed E-state index contributed by atoms with van der Waals surface area (Å²) in [4.78, 5) is 2.16. The average Bonchev–Trinajstić information content (AvgIpc) is 2.35. The van der Waals surface area contributed by atoms with Gasteiger partial charge in [-0.15, -0.1) is 0 Å². The lowest BCUT2D eigenvalue weighted by Gasteiger charge is -2.14. The Hall–Kier alpha value is -0.780. The number of benzene rings is 1. The van der Waals surface area contributed by atoms with Gasteiger partial charge in [-0.25, -0.2) is 0 Å². The van der Waals surface area contributed by atoms with Crippen molar-refractivity contribution in [2.75, 3.05) is 40.9 Å². The molecule has 0 fully saturated rings. The van der Waals surface area contributed by atoms with Gasteiger partial charge in [0.15, 0.2) is 11.5 Å². The number of nitrogens with one attached hydrogen (secondary N) is 1. The van der Waals surface area contributed by atoms with Gasteiger partial charge in [-0.3, -0.25) is 0 Å². The van der Waals surface area contributed by atoms with Crippen molar-refractivity contribution >= 4 is 15.9 Å². The first kappa shape index (κ1) is 16.3. The van der Waals surface area contributed by atoms with Gasteiger partial charge in [0.05, 0.1) is 18.2 Å². The van der Waals surface area contributed by atoms with Gasteiger partial charge < -0.3 is 19.7 Å². The zero-order chi connectivity index (χ0) is 14.3. The summed E-state index contributed by atoms with van der Waals surface area (Å²) in [5, 5.41) is 3.41. The Morgan fingerprint density at radius 2 is 2.05 bits per heavy atom. The van der Waals surface area contributed by atoms with Crippen molar-refractivity contribution in [1.29, 1.82) is 0 Å². The van der Waals surface area contributed by atoms with E-state index >= 15 is 0 Å². The van der Waals surface area contributed by atoms with Gasteiger partial charge in [-0.2, -0.15) is 0 Å². The molecule has 0 aliphatic rings. The Bertz CT molecular complexity index is 397. The van der Waals surface area contributed by atoms with Crippen LogP contribution in [0.4, 0.5) is 0 Å². The maximum Gasteiger partial charge on any atom is 0.174 e. The zero-order valence-corrected chi connectivity index (χ0v) is 13.7. The van der Waals surface area contributed by atoms with E-state index in [2.05, 4.69) is 46.3 Å². The summed E-state index contributed by atoms with van der Waals surface area (Å²) in [7, 11) is 5.79. The van der Waals surface area contributed by atoms with Crippen LogP contribution in [0.3, 0.4) is 0 Å². The average molecular weight is 331 g/mol. The number of methoxy groups -OCH3 is 1. The van der Waals surface area contributed by atoms with Crippen LogP contribution in [0.15, 0.2) is 16.6 Å². The molecule has 108 valence electrons. The highest BCUT2D eigenvalue weighted by atomic mass is 79.9. The predicted molar refractivity (Wildman–Crippen MR) is 82.1 cm³/mol. The molecule has 1 aromatic carbocycles. The second kappa shape index (κ2) is 8.40. The van der Waals surface area contributed by atoms with Gasteiger partial charge in [0.1, 0.15) is 0 Å². The van der Waals surface area contributed by atoms with Gasteiger partial charge in [0.2, 0.25) is 0 Å². The maximum atomic E-state index is 5.60. The molecule has 0 bridgehead atoms. The van der Waals surface area contributed by atoms with E-state index in [1.807, 2.05) is 13.0 Å². The van der Waals surface area contributed by atoms with E-state index in [1.54, 1.807) is 7.11 Å². The van der Waals surface area contributed by atoms with Crippen LogP contribution in [0, 0.1) is 0 Å². The lowest BCUT2D eigenvalue weighted by atomic mass is 10.2. The molecule has 0 aliphatic heterocycles. The van der Waals surface area contributed by atoms with E-state index in [9.17, 15) is 0 Å². The van der Waals surface area contributed by atoms with Crippen LogP contribution in [-0.4, -0.2) is 45.8 Å². The fourth-order valence-corrected chi connectivity index (χ4v) is 2.37. The second-order valence-corrected chi connectivity index (χ2v) is 5.38. The van der Waals surface area contributed by atoms with Crippen LogP contribution in [0.1, 0.15) is 12.5 Å². The molecule has 0 amide bonds. The molecule has 0 saturated carbocycles. The molecule has 0 aliphatic carbocycles. The minimum atomic E-state index is 0.625. The highest BCUT2D eigenvalue weighted by Gasteiger charge is 2.10. The van der Waals surface area contributed by atoms with E-state index in [-0.39, 0.29) is 0 Å². The molecule has 0 unspecified atom stereocenters. The number of hydrogen-bond acceptors (Lipinski definition) is 4. The van der Waals surface area contributed by atoms with Crippen LogP contribution >= 0.6 is 15.9 Å².